The van der Waals surface area contributed by atoms with Gasteiger partial charge < -0.3 is 15.2 Å². The Morgan fingerprint density at radius 3 is 2.67 bits per heavy atom. The maximum Gasteiger partial charge on any atom is 0.214 e. The Balaban J connectivity index is 2.22. The molecule has 0 radical (unpaired) electrons. The fraction of sp³-hybridized carbons (Fsp3) is 0.929. The van der Waals surface area contributed by atoms with E-state index in [2.05, 4.69) is 12.4 Å². The highest BCUT2D eigenvalue weighted by Crippen LogP contribution is 2.27. The topological polar surface area (TPSA) is 58.1 Å². The van der Waals surface area contributed by atoms with Crippen LogP contribution in [0.25, 0.3) is 0 Å². The average Bonchev–Trinajstić information content (AvgIpc) is 2.25. The molecule has 4 N–H and O–H groups in total. The summed E-state index contributed by atoms with van der Waals surface area (Å²) in [6.45, 7) is 7.79. The summed E-state index contributed by atoms with van der Waals surface area (Å²) >= 11 is 0. The SMILES string of the molecule is [CH2-][NH2+]CC1CCCC(CNC(O)OC(C)(C)C)C1. The number of rotatable bonds is 6. The summed E-state index contributed by atoms with van der Waals surface area (Å²) in [6, 6.07) is 0. The smallest absolute Gasteiger partial charge is 0.214 e. The minimum atomic E-state index is -0.857. The van der Waals surface area contributed by atoms with Crippen LogP contribution in [-0.2, 0) is 4.74 Å². The van der Waals surface area contributed by atoms with Crippen LogP contribution < -0.4 is 10.6 Å². The van der Waals surface area contributed by atoms with Crippen molar-refractivity contribution in [3.63, 3.8) is 0 Å². The lowest BCUT2D eigenvalue weighted by Crippen LogP contribution is -2.78. The van der Waals surface area contributed by atoms with Crippen LogP contribution >= 0.6 is 0 Å². The van der Waals surface area contributed by atoms with E-state index in [1.54, 1.807) is 0 Å². The first-order chi connectivity index (χ1) is 8.40. The Bertz CT molecular complexity index is 226. The number of nitrogens with two attached hydrogens (primary N) is 1. The largest absolute Gasteiger partial charge is 0.479 e. The van der Waals surface area contributed by atoms with E-state index in [0.29, 0.717) is 5.92 Å². The Morgan fingerprint density at radius 2 is 2.06 bits per heavy atom. The molecule has 0 aromatic heterocycles. The lowest BCUT2D eigenvalue weighted by Gasteiger charge is -2.30. The predicted molar refractivity (Wildman–Crippen MR) is 72.4 cm³/mol. The van der Waals surface area contributed by atoms with Crippen LogP contribution in [0.4, 0.5) is 0 Å². The van der Waals surface area contributed by atoms with Gasteiger partial charge in [-0.05, 0) is 46.0 Å². The van der Waals surface area contributed by atoms with E-state index in [9.17, 15) is 5.11 Å². The molecule has 1 aliphatic carbocycles. The molecule has 0 amide bonds. The number of quaternary nitrogens is 1. The minimum Gasteiger partial charge on any atom is -0.479 e. The van der Waals surface area contributed by atoms with E-state index in [-0.39, 0.29) is 5.60 Å². The van der Waals surface area contributed by atoms with Gasteiger partial charge >= 0.3 is 0 Å². The maximum atomic E-state index is 9.74. The van der Waals surface area contributed by atoms with Crippen molar-refractivity contribution in [2.75, 3.05) is 13.1 Å². The normalized spacial score (nSPS) is 27.2. The molecule has 0 aromatic rings. The molecule has 1 saturated carbocycles. The van der Waals surface area contributed by atoms with Gasteiger partial charge in [0.1, 0.15) is 0 Å². The van der Waals surface area contributed by atoms with Crippen LogP contribution in [0.15, 0.2) is 0 Å². The van der Waals surface area contributed by atoms with Gasteiger partial charge in [0.25, 0.3) is 0 Å². The molecule has 0 aromatic carbocycles. The van der Waals surface area contributed by atoms with Crippen molar-refractivity contribution in [3.8, 4) is 0 Å². The zero-order chi connectivity index (χ0) is 13.6. The Kier molecular flexibility index (Phi) is 6.57. The molecule has 0 bridgehead atoms. The molecule has 1 fully saturated rings. The van der Waals surface area contributed by atoms with E-state index >= 15 is 0 Å². The number of ether oxygens (including phenoxy) is 1. The summed E-state index contributed by atoms with van der Waals surface area (Å²) < 4.78 is 5.43. The van der Waals surface area contributed by atoms with Gasteiger partial charge in [0.15, 0.2) is 0 Å². The van der Waals surface area contributed by atoms with Crippen molar-refractivity contribution in [1.29, 1.82) is 0 Å². The van der Waals surface area contributed by atoms with Gasteiger partial charge in [-0.25, -0.2) is 0 Å². The molecule has 0 spiro atoms. The third-order valence-electron chi connectivity index (χ3n) is 3.44. The predicted octanol–water partition coefficient (Wildman–Crippen LogP) is 0.828. The first-order valence-electron chi connectivity index (χ1n) is 7.11. The van der Waals surface area contributed by atoms with E-state index in [0.717, 1.165) is 19.0 Å². The average molecular weight is 258 g/mol. The summed E-state index contributed by atoms with van der Waals surface area (Å²) in [4.78, 5) is 0. The second-order valence-electron chi connectivity index (χ2n) is 6.41. The lowest BCUT2D eigenvalue weighted by molar-refractivity contribution is -0.602. The van der Waals surface area contributed by atoms with E-state index < -0.39 is 6.41 Å². The molecule has 0 heterocycles. The van der Waals surface area contributed by atoms with Crippen molar-refractivity contribution < 1.29 is 15.2 Å². The quantitative estimate of drug-likeness (QED) is 0.488. The highest BCUT2D eigenvalue weighted by molar-refractivity contribution is 4.74. The molecular formula is C14H30N2O2. The minimum absolute atomic E-state index is 0.315. The first kappa shape index (κ1) is 15.9. The molecule has 0 saturated heterocycles. The molecule has 18 heavy (non-hydrogen) atoms. The monoisotopic (exact) mass is 258 g/mol. The highest BCUT2D eigenvalue weighted by atomic mass is 16.6. The molecule has 1 aliphatic rings. The standard InChI is InChI=1S/C14H30N2O2/c1-14(2,3)18-13(17)16-10-12-7-5-6-11(8-12)9-15-4/h11-13,16-17H,4-10,15H2,1-3H3. The van der Waals surface area contributed by atoms with Crippen LogP contribution in [0.5, 0.6) is 0 Å². The summed E-state index contributed by atoms with van der Waals surface area (Å²) in [5, 5.41) is 14.8. The summed E-state index contributed by atoms with van der Waals surface area (Å²) in [5.41, 5.74) is -0.315. The third kappa shape index (κ3) is 6.69. The molecule has 4 heteroatoms. The van der Waals surface area contributed by atoms with E-state index in [1.807, 2.05) is 26.1 Å². The van der Waals surface area contributed by atoms with Gasteiger partial charge in [-0.1, -0.05) is 6.42 Å². The van der Waals surface area contributed by atoms with E-state index in [1.165, 1.54) is 25.7 Å². The Morgan fingerprint density at radius 1 is 1.39 bits per heavy atom. The molecule has 3 atom stereocenters. The van der Waals surface area contributed by atoms with Crippen molar-refractivity contribution >= 4 is 0 Å². The van der Waals surface area contributed by atoms with Gasteiger partial charge in [0.2, 0.25) is 6.41 Å². The number of aliphatic hydroxyl groups excluding tert-OH is 1. The van der Waals surface area contributed by atoms with Gasteiger partial charge in [0, 0.05) is 12.5 Å². The van der Waals surface area contributed by atoms with Gasteiger partial charge in [0.05, 0.1) is 12.1 Å². The fourth-order valence-corrected chi connectivity index (χ4v) is 2.68. The third-order valence-corrected chi connectivity index (χ3v) is 3.44. The second kappa shape index (κ2) is 7.43. The van der Waals surface area contributed by atoms with Crippen molar-refractivity contribution in [3.05, 3.63) is 7.05 Å². The first-order valence-corrected chi connectivity index (χ1v) is 7.11. The molecule has 108 valence electrons. The number of hydrogen-bond donors (Lipinski definition) is 3. The van der Waals surface area contributed by atoms with Gasteiger partial charge in [-0.15, -0.1) is 0 Å². The van der Waals surface area contributed by atoms with Crippen LogP contribution in [-0.4, -0.2) is 30.2 Å². The Hall–Kier alpha value is -0.160. The molecule has 0 aliphatic heterocycles. The van der Waals surface area contributed by atoms with Crippen LogP contribution in [0.1, 0.15) is 46.5 Å². The molecule has 1 rings (SSSR count). The lowest BCUT2D eigenvalue weighted by atomic mass is 9.81. The number of aliphatic hydroxyl groups is 1. The van der Waals surface area contributed by atoms with Crippen LogP contribution in [0.2, 0.25) is 0 Å². The molecule has 4 nitrogen and oxygen atoms in total. The van der Waals surface area contributed by atoms with Crippen molar-refractivity contribution in [2.24, 2.45) is 11.8 Å². The summed E-state index contributed by atoms with van der Waals surface area (Å²) in [7, 11) is 3.82. The maximum absolute atomic E-state index is 9.74. The van der Waals surface area contributed by atoms with Crippen molar-refractivity contribution in [2.45, 2.75) is 58.5 Å². The summed E-state index contributed by atoms with van der Waals surface area (Å²) in [6.07, 6.45) is 4.25. The zero-order valence-corrected chi connectivity index (χ0v) is 12.1. The van der Waals surface area contributed by atoms with Gasteiger partial charge in [-0.3, -0.25) is 5.32 Å². The van der Waals surface area contributed by atoms with E-state index in [4.69, 9.17) is 4.74 Å². The van der Waals surface area contributed by atoms with Crippen LogP contribution in [0.3, 0.4) is 0 Å². The Labute approximate surface area is 111 Å². The fourth-order valence-electron chi connectivity index (χ4n) is 2.68. The molecule has 3 unspecified atom stereocenters. The number of nitrogens with one attached hydrogen (secondary N) is 1. The zero-order valence-electron chi connectivity index (χ0n) is 12.1. The second-order valence-corrected chi connectivity index (χ2v) is 6.41. The van der Waals surface area contributed by atoms with Gasteiger partial charge in [-0.2, -0.15) is 7.05 Å². The highest BCUT2D eigenvalue weighted by Gasteiger charge is 2.23. The van der Waals surface area contributed by atoms with Crippen LogP contribution in [0, 0.1) is 18.9 Å². The summed E-state index contributed by atoms with van der Waals surface area (Å²) in [5.74, 6) is 1.44. The van der Waals surface area contributed by atoms with Crippen molar-refractivity contribution in [1.82, 2.24) is 5.32 Å². The molecular weight excluding hydrogens is 228 g/mol. The number of hydrogen-bond acceptors (Lipinski definition) is 3.